The molecule has 5 nitrogen and oxygen atoms in total. The number of morpholine rings is 1. The molecule has 1 saturated heterocycles. The Morgan fingerprint density at radius 1 is 1.10 bits per heavy atom. The molecule has 0 aromatic heterocycles. The minimum Gasteiger partial charge on any atom is -0.379 e. The van der Waals surface area contributed by atoms with Gasteiger partial charge >= 0.3 is 0 Å². The lowest BCUT2D eigenvalue weighted by molar-refractivity contribution is 0.0341. The Morgan fingerprint density at radius 3 is 2.53 bits per heavy atom. The van der Waals surface area contributed by atoms with Crippen molar-refractivity contribution >= 4 is 29.9 Å². The van der Waals surface area contributed by atoms with E-state index in [-0.39, 0.29) is 29.8 Å². The molecule has 0 radical (unpaired) electrons. The van der Waals surface area contributed by atoms with Gasteiger partial charge in [-0.25, -0.2) is 9.38 Å². The third-order valence-electron chi connectivity index (χ3n) is 5.06. The van der Waals surface area contributed by atoms with E-state index >= 15 is 0 Å². The molecule has 30 heavy (non-hydrogen) atoms. The zero-order chi connectivity index (χ0) is 20.5. The molecule has 7 heteroatoms. The highest BCUT2D eigenvalue weighted by Crippen LogP contribution is 2.13. The molecule has 1 aliphatic heterocycles. The lowest BCUT2D eigenvalue weighted by atomic mass is 10.1. The van der Waals surface area contributed by atoms with Crippen molar-refractivity contribution in [1.82, 2.24) is 15.5 Å². The fourth-order valence-corrected chi connectivity index (χ4v) is 3.31. The SMILES string of the molecule is CCNC(=NCc1ccc(C)c(F)c1)NCc1ccccc1CN1CCOCC1.I. The van der Waals surface area contributed by atoms with Gasteiger partial charge in [-0.1, -0.05) is 36.4 Å². The van der Waals surface area contributed by atoms with Gasteiger partial charge in [-0.15, -0.1) is 24.0 Å². The van der Waals surface area contributed by atoms with E-state index in [9.17, 15) is 4.39 Å². The van der Waals surface area contributed by atoms with E-state index in [2.05, 4.69) is 44.8 Å². The van der Waals surface area contributed by atoms with Crippen molar-refractivity contribution in [3.05, 3.63) is 70.5 Å². The topological polar surface area (TPSA) is 48.9 Å². The van der Waals surface area contributed by atoms with Crippen molar-refractivity contribution in [3.8, 4) is 0 Å². The van der Waals surface area contributed by atoms with Crippen molar-refractivity contribution in [1.29, 1.82) is 0 Å². The number of hydrogen-bond donors (Lipinski definition) is 2. The molecule has 2 aromatic rings. The highest BCUT2D eigenvalue weighted by atomic mass is 127. The first kappa shape index (κ1) is 24.6. The van der Waals surface area contributed by atoms with Crippen LogP contribution >= 0.6 is 24.0 Å². The zero-order valence-corrected chi connectivity index (χ0v) is 20.1. The third-order valence-corrected chi connectivity index (χ3v) is 5.06. The number of guanidine groups is 1. The summed E-state index contributed by atoms with van der Waals surface area (Å²) in [7, 11) is 0. The Labute approximate surface area is 196 Å². The van der Waals surface area contributed by atoms with Crippen LogP contribution in [0.15, 0.2) is 47.5 Å². The smallest absolute Gasteiger partial charge is 0.191 e. The van der Waals surface area contributed by atoms with Crippen LogP contribution in [0.4, 0.5) is 4.39 Å². The standard InChI is InChI=1S/C23H31FN4O.HI/c1-3-25-23(26-15-19-9-8-18(2)22(24)14-19)27-16-20-6-4-5-7-21(20)17-28-10-12-29-13-11-28;/h4-9,14H,3,10-13,15-17H2,1-2H3,(H2,25,26,27);1H. The Balaban J connectivity index is 0.00000320. The van der Waals surface area contributed by atoms with E-state index in [4.69, 9.17) is 4.74 Å². The van der Waals surface area contributed by atoms with Gasteiger partial charge in [-0.3, -0.25) is 4.90 Å². The van der Waals surface area contributed by atoms with Crippen LogP contribution < -0.4 is 10.6 Å². The molecule has 0 aliphatic carbocycles. The second-order valence-electron chi connectivity index (χ2n) is 7.29. The molecular formula is C23H32FIN4O. The summed E-state index contributed by atoms with van der Waals surface area (Å²) in [5.74, 6) is 0.544. The lowest BCUT2D eigenvalue weighted by Gasteiger charge is -2.27. The number of nitrogens with zero attached hydrogens (tertiary/aromatic N) is 2. The maximum atomic E-state index is 13.8. The normalized spacial score (nSPS) is 14.8. The summed E-state index contributed by atoms with van der Waals surface area (Å²) in [4.78, 5) is 7.04. The van der Waals surface area contributed by atoms with E-state index in [0.29, 0.717) is 18.7 Å². The first-order valence-corrected chi connectivity index (χ1v) is 10.3. The maximum Gasteiger partial charge on any atom is 0.191 e. The molecule has 1 heterocycles. The summed E-state index contributed by atoms with van der Waals surface area (Å²) in [6.07, 6.45) is 0. The van der Waals surface area contributed by atoms with Gasteiger partial charge in [0.2, 0.25) is 0 Å². The second-order valence-corrected chi connectivity index (χ2v) is 7.29. The van der Waals surface area contributed by atoms with Crippen LogP contribution in [0.5, 0.6) is 0 Å². The number of rotatable bonds is 7. The largest absolute Gasteiger partial charge is 0.379 e. The molecule has 3 rings (SSSR count). The minimum atomic E-state index is -0.187. The summed E-state index contributed by atoms with van der Waals surface area (Å²) >= 11 is 0. The van der Waals surface area contributed by atoms with Crippen molar-refractivity contribution in [3.63, 3.8) is 0 Å². The van der Waals surface area contributed by atoms with Crippen molar-refractivity contribution in [2.75, 3.05) is 32.8 Å². The number of nitrogens with one attached hydrogen (secondary N) is 2. The Morgan fingerprint density at radius 2 is 1.83 bits per heavy atom. The first-order valence-electron chi connectivity index (χ1n) is 10.3. The van der Waals surface area contributed by atoms with Crippen LogP contribution in [0.3, 0.4) is 0 Å². The average Bonchev–Trinajstić information content (AvgIpc) is 2.74. The quantitative estimate of drug-likeness (QED) is 0.327. The summed E-state index contributed by atoms with van der Waals surface area (Å²) < 4.78 is 19.2. The summed E-state index contributed by atoms with van der Waals surface area (Å²) in [6, 6.07) is 13.8. The molecule has 0 amide bonds. The van der Waals surface area contributed by atoms with Crippen LogP contribution in [-0.2, 0) is 24.4 Å². The van der Waals surface area contributed by atoms with Crippen molar-refractivity contribution < 1.29 is 9.13 Å². The number of hydrogen-bond acceptors (Lipinski definition) is 3. The second kappa shape index (κ2) is 12.9. The summed E-state index contributed by atoms with van der Waals surface area (Å²) in [5.41, 5.74) is 4.09. The van der Waals surface area contributed by atoms with E-state index < -0.39 is 0 Å². The van der Waals surface area contributed by atoms with E-state index in [1.807, 2.05) is 13.0 Å². The Kier molecular flexibility index (Phi) is 10.5. The van der Waals surface area contributed by atoms with E-state index in [0.717, 1.165) is 50.9 Å². The zero-order valence-electron chi connectivity index (χ0n) is 17.8. The number of benzene rings is 2. The molecule has 2 N–H and O–H groups in total. The monoisotopic (exact) mass is 526 g/mol. The Hall–Kier alpha value is -1.71. The van der Waals surface area contributed by atoms with Crippen LogP contribution in [0.1, 0.15) is 29.2 Å². The fourth-order valence-electron chi connectivity index (χ4n) is 3.31. The van der Waals surface area contributed by atoms with Crippen LogP contribution in [0.2, 0.25) is 0 Å². The predicted octanol–water partition coefficient (Wildman–Crippen LogP) is 3.84. The van der Waals surface area contributed by atoms with Gasteiger partial charge in [0.1, 0.15) is 5.82 Å². The highest BCUT2D eigenvalue weighted by molar-refractivity contribution is 14.0. The fraction of sp³-hybridized carbons (Fsp3) is 0.435. The van der Waals surface area contributed by atoms with Gasteiger partial charge < -0.3 is 15.4 Å². The van der Waals surface area contributed by atoms with Crippen LogP contribution in [-0.4, -0.2) is 43.7 Å². The maximum absolute atomic E-state index is 13.8. The molecule has 0 atom stereocenters. The molecule has 1 aliphatic rings. The van der Waals surface area contributed by atoms with Gasteiger partial charge in [0.25, 0.3) is 0 Å². The molecular weight excluding hydrogens is 494 g/mol. The summed E-state index contributed by atoms with van der Waals surface area (Å²) in [6.45, 7) is 10.2. The van der Waals surface area contributed by atoms with Gasteiger partial charge in [0.05, 0.1) is 19.8 Å². The molecule has 0 saturated carbocycles. The molecule has 0 unspecified atom stereocenters. The van der Waals surface area contributed by atoms with Gasteiger partial charge in [0, 0.05) is 32.7 Å². The van der Waals surface area contributed by atoms with Crippen molar-refractivity contribution in [2.45, 2.75) is 33.5 Å². The average molecular weight is 526 g/mol. The molecule has 0 bridgehead atoms. The molecule has 0 spiro atoms. The third kappa shape index (κ3) is 7.52. The number of halogens is 2. The van der Waals surface area contributed by atoms with Gasteiger partial charge in [-0.05, 0) is 42.2 Å². The molecule has 1 fully saturated rings. The number of ether oxygens (including phenoxy) is 1. The van der Waals surface area contributed by atoms with Gasteiger partial charge in [0.15, 0.2) is 5.96 Å². The Bertz CT molecular complexity index is 825. The molecule has 164 valence electrons. The van der Waals surface area contributed by atoms with Crippen molar-refractivity contribution in [2.24, 2.45) is 4.99 Å². The van der Waals surface area contributed by atoms with Crippen LogP contribution in [0.25, 0.3) is 0 Å². The summed E-state index contributed by atoms with van der Waals surface area (Å²) in [5, 5.41) is 6.68. The van der Waals surface area contributed by atoms with E-state index in [1.165, 1.54) is 11.1 Å². The minimum absolute atomic E-state index is 0. The highest BCUT2D eigenvalue weighted by Gasteiger charge is 2.12. The number of aliphatic imine (C=N–C) groups is 1. The lowest BCUT2D eigenvalue weighted by Crippen LogP contribution is -2.38. The molecule has 2 aromatic carbocycles. The van der Waals surface area contributed by atoms with Crippen LogP contribution in [0, 0.1) is 12.7 Å². The number of aryl methyl sites for hydroxylation is 1. The predicted molar refractivity (Wildman–Crippen MR) is 131 cm³/mol. The van der Waals surface area contributed by atoms with E-state index in [1.54, 1.807) is 19.1 Å². The first-order chi connectivity index (χ1) is 14.2. The van der Waals surface area contributed by atoms with Gasteiger partial charge in [-0.2, -0.15) is 0 Å².